The molecule has 3 rings (SSSR count). The fourth-order valence-corrected chi connectivity index (χ4v) is 2.36. The normalized spacial score (nSPS) is 28.6. The lowest BCUT2D eigenvalue weighted by Crippen LogP contribution is -2.52. The van der Waals surface area contributed by atoms with Crippen LogP contribution in [0.4, 0.5) is 5.82 Å². The van der Waals surface area contributed by atoms with Gasteiger partial charge in [0.1, 0.15) is 11.6 Å². The zero-order valence-electron chi connectivity index (χ0n) is 9.50. The molecule has 1 heterocycles. The molecule has 1 N–H and O–H groups in total. The molecule has 1 aromatic rings. The number of hydrogen-bond donors (Lipinski definition) is 1. The zero-order valence-corrected chi connectivity index (χ0v) is 9.50. The molecule has 0 aliphatic heterocycles. The first-order chi connectivity index (χ1) is 7.75. The van der Waals surface area contributed by atoms with Gasteiger partial charge in [0.2, 0.25) is 0 Å². The monoisotopic (exact) mass is 219 g/mol. The Bertz CT molecular complexity index is 392. The largest absolute Gasteiger partial charge is 0.391 e. The van der Waals surface area contributed by atoms with E-state index in [2.05, 4.69) is 14.9 Å². The molecule has 1 aromatic heterocycles. The van der Waals surface area contributed by atoms with Gasteiger partial charge < -0.3 is 10.0 Å². The van der Waals surface area contributed by atoms with Crippen LogP contribution in [0.1, 0.15) is 31.5 Å². The number of aryl methyl sites for hydroxylation is 1. The number of rotatable bonds is 3. The number of anilines is 1. The molecule has 0 amide bonds. The van der Waals surface area contributed by atoms with Crippen molar-refractivity contribution >= 4 is 5.82 Å². The van der Waals surface area contributed by atoms with Gasteiger partial charge in [0.05, 0.1) is 12.1 Å². The summed E-state index contributed by atoms with van der Waals surface area (Å²) in [6.07, 6.45) is 6.10. The summed E-state index contributed by atoms with van der Waals surface area (Å²) in [6.45, 7) is 1.91. The van der Waals surface area contributed by atoms with E-state index in [1.165, 1.54) is 12.8 Å². The Kier molecular flexibility index (Phi) is 2.32. The molecule has 2 aliphatic rings. The minimum absolute atomic E-state index is 0.170. The lowest BCUT2D eigenvalue weighted by Gasteiger charge is -2.42. The van der Waals surface area contributed by atoms with Gasteiger partial charge in [-0.15, -0.1) is 0 Å². The van der Waals surface area contributed by atoms with Crippen molar-refractivity contribution in [2.24, 2.45) is 0 Å². The molecule has 86 valence electrons. The van der Waals surface area contributed by atoms with E-state index in [0.717, 1.165) is 24.5 Å². The van der Waals surface area contributed by atoms with Crippen molar-refractivity contribution < 1.29 is 5.11 Å². The number of aliphatic hydroxyl groups excluding tert-OH is 1. The van der Waals surface area contributed by atoms with Crippen molar-refractivity contribution in [3.63, 3.8) is 0 Å². The van der Waals surface area contributed by atoms with Crippen LogP contribution in [-0.4, -0.2) is 33.3 Å². The van der Waals surface area contributed by atoms with Gasteiger partial charge in [-0.3, -0.25) is 0 Å². The van der Waals surface area contributed by atoms with Gasteiger partial charge in [-0.2, -0.15) is 0 Å². The Balaban J connectivity index is 1.87. The summed E-state index contributed by atoms with van der Waals surface area (Å²) >= 11 is 0. The first-order valence-corrected chi connectivity index (χ1v) is 6.02. The zero-order chi connectivity index (χ0) is 11.1. The predicted molar refractivity (Wildman–Crippen MR) is 61.3 cm³/mol. The van der Waals surface area contributed by atoms with Crippen LogP contribution in [0.3, 0.4) is 0 Å². The SMILES string of the molecule is Cc1nccc(N(C2CC2)C2CCC2O)n1. The number of aromatic nitrogens is 2. The molecule has 2 saturated carbocycles. The first kappa shape index (κ1) is 10.0. The highest BCUT2D eigenvalue weighted by atomic mass is 16.3. The molecule has 0 radical (unpaired) electrons. The smallest absolute Gasteiger partial charge is 0.132 e. The van der Waals surface area contributed by atoms with Crippen LogP contribution in [-0.2, 0) is 0 Å². The van der Waals surface area contributed by atoms with Crippen molar-refractivity contribution in [1.82, 2.24) is 9.97 Å². The fourth-order valence-electron chi connectivity index (χ4n) is 2.36. The second kappa shape index (κ2) is 3.70. The van der Waals surface area contributed by atoms with Crippen molar-refractivity contribution in [2.45, 2.75) is 50.8 Å². The summed E-state index contributed by atoms with van der Waals surface area (Å²) in [4.78, 5) is 10.9. The van der Waals surface area contributed by atoms with Gasteiger partial charge >= 0.3 is 0 Å². The summed E-state index contributed by atoms with van der Waals surface area (Å²) in [5, 5.41) is 9.80. The molecule has 2 fully saturated rings. The van der Waals surface area contributed by atoms with E-state index in [1.54, 1.807) is 6.20 Å². The van der Waals surface area contributed by atoms with Crippen molar-refractivity contribution in [1.29, 1.82) is 0 Å². The second-order valence-electron chi connectivity index (χ2n) is 4.81. The van der Waals surface area contributed by atoms with Gasteiger partial charge in [0.15, 0.2) is 0 Å². The van der Waals surface area contributed by atoms with E-state index in [-0.39, 0.29) is 12.1 Å². The van der Waals surface area contributed by atoms with E-state index in [1.807, 2.05) is 13.0 Å². The Morgan fingerprint density at radius 1 is 1.31 bits per heavy atom. The van der Waals surface area contributed by atoms with Crippen LogP contribution in [0.25, 0.3) is 0 Å². The van der Waals surface area contributed by atoms with E-state index < -0.39 is 0 Å². The highest BCUT2D eigenvalue weighted by molar-refractivity contribution is 5.43. The molecule has 0 aromatic carbocycles. The quantitative estimate of drug-likeness (QED) is 0.832. The van der Waals surface area contributed by atoms with E-state index in [4.69, 9.17) is 0 Å². The van der Waals surface area contributed by atoms with Crippen LogP contribution < -0.4 is 4.90 Å². The Hall–Kier alpha value is -1.16. The highest BCUT2D eigenvalue weighted by Crippen LogP contribution is 2.38. The standard InChI is InChI=1S/C12H17N3O/c1-8-13-7-6-12(14-8)15(9-2-3-9)10-4-5-11(10)16/h6-7,9-11,16H,2-5H2,1H3. The maximum atomic E-state index is 9.80. The maximum absolute atomic E-state index is 9.80. The minimum Gasteiger partial charge on any atom is -0.391 e. The minimum atomic E-state index is -0.170. The third-order valence-electron chi connectivity index (χ3n) is 3.53. The Labute approximate surface area is 95.3 Å². The molecular weight excluding hydrogens is 202 g/mol. The van der Waals surface area contributed by atoms with Crippen LogP contribution in [0.5, 0.6) is 0 Å². The summed E-state index contributed by atoms with van der Waals surface area (Å²) in [5.41, 5.74) is 0. The molecule has 4 nitrogen and oxygen atoms in total. The van der Waals surface area contributed by atoms with Crippen LogP contribution in [0, 0.1) is 6.92 Å². The van der Waals surface area contributed by atoms with Crippen molar-refractivity contribution in [2.75, 3.05) is 4.90 Å². The van der Waals surface area contributed by atoms with E-state index >= 15 is 0 Å². The van der Waals surface area contributed by atoms with E-state index in [0.29, 0.717) is 6.04 Å². The average Bonchev–Trinajstić information content (AvgIpc) is 3.07. The summed E-state index contributed by atoms with van der Waals surface area (Å²) in [7, 11) is 0. The van der Waals surface area contributed by atoms with Crippen LogP contribution >= 0.6 is 0 Å². The van der Waals surface area contributed by atoms with Gasteiger partial charge in [0.25, 0.3) is 0 Å². The average molecular weight is 219 g/mol. The molecule has 2 atom stereocenters. The van der Waals surface area contributed by atoms with Gasteiger partial charge in [-0.05, 0) is 38.7 Å². The molecule has 16 heavy (non-hydrogen) atoms. The number of hydrogen-bond acceptors (Lipinski definition) is 4. The lowest BCUT2D eigenvalue weighted by atomic mass is 9.87. The third-order valence-corrected chi connectivity index (χ3v) is 3.53. The van der Waals surface area contributed by atoms with Crippen molar-refractivity contribution in [3.05, 3.63) is 18.1 Å². The molecule has 0 saturated heterocycles. The van der Waals surface area contributed by atoms with E-state index in [9.17, 15) is 5.11 Å². The summed E-state index contributed by atoms with van der Waals surface area (Å²) in [6, 6.07) is 2.83. The van der Waals surface area contributed by atoms with Crippen LogP contribution in [0.15, 0.2) is 12.3 Å². The van der Waals surface area contributed by atoms with Gasteiger partial charge in [-0.1, -0.05) is 0 Å². The number of aliphatic hydroxyl groups is 1. The maximum Gasteiger partial charge on any atom is 0.132 e. The van der Waals surface area contributed by atoms with Crippen LogP contribution in [0.2, 0.25) is 0 Å². The molecule has 4 heteroatoms. The topological polar surface area (TPSA) is 49.2 Å². The lowest BCUT2D eigenvalue weighted by molar-refractivity contribution is 0.0633. The predicted octanol–water partition coefficient (Wildman–Crippen LogP) is 1.28. The molecular formula is C12H17N3O. The third kappa shape index (κ3) is 1.67. The Morgan fingerprint density at radius 3 is 2.62 bits per heavy atom. The van der Waals surface area contributed by atoms with Crippen molar-refractivity contribution in [3.8, 4) is 0 Å². The second-order valence-corrected chi connectivity index (χ2v) is 4.81. The highest BCUT2D eigenvalue weighted by Gasteiger charge is 2.42. The molecule has 0 bridgehead atoms. The first-order valence-electron chi connectivity index (χ1n) is 6.02. The molecule has 2 unspecified atom stereocenters. The van der Waals surface area contributed by atoms with Gasteiger partial charge in [-0.25, -0.2) is 9.97 Å². The summed E-state index contributed by atoms with van der Waals surface area (Å²) < 4.78 is 0. The molecule has 2 aliphatic carbocycles. The molecule has 0 spiro atoms. The van der Waals surface area contributed by atoms with Gasteiger partial charge in [0, 0.05) is 12.2 Å². The fraction of sp³-hybridized carbons (Fsp3) is 0.667. The Morgan fingerprint density at radius 2 is 2.12 bits per heavy atom. The number of nitrogens with zero attached hydrogens (tertiary/aromatic N) is 3. The summed E-state index contributed by atoms with van der Waals surface area (Å²) in [5.74, 6) is 1.79.